The first-order valence-corrected chi connectivity index (χ1v) is 10.3. The van der Waals surface area contributed by atoms with Crippen LogP contribution in [0.15, 0.2) is 84.9 Å². The Bertz CT molecular complexity index is 820. The molecule has 4 rings (SSSR count). The number of benzene rings is 3. The molecular formula is C26H29NO. The highest BCUT2D eigenvalue weighted by Crippen LogP contribution is 2.40. The lowest BCUT2D eigenvalue weighted by atomic mass is 9.89. The van der Waals surface area contributed by atoms with E-state index in [0.29, 0.717) is 11.8 Å². The summed E-state index contributed by atoms with van der Waals surface area (Å²) in [5.41, 5.74) is 5.62. The van der Waals surface area contributed by atoms with Gasteiger partial charge in [-0.2, -0.15) is 0 Å². The summed E-state index contributed by atoms with van der Waals surface area (Å²) in [4.78, 5) is 2.57. The Kier molecular flexibility index (Phi) is 6.20. The lowest BCUT2D eigenvalue weighted by Crippen LogP contribution is -2.31. The third kappa shape index (κ3) is 4.52. The summed E-state index contributed by atoms with van der Waals surface area (Å²) in [5, 5.41) is 9.66. The van der Waals surface area contributed by atoms with Crippen LogP contribution >= 0.6 is 0 Å². The topological polar surface area (TPSA) is 23.5 Å². The van der Waals surface area contributed by atoms with E-state index in [4.69, 9.17) is 0 Å². The van der Waals surface area contributed by atoms with Crippen molar-refractivity contribution < 1.29 is 5.11 Å². The molecule has 0 aliphatic heterocycles. The molecule has 2 nitrogen and oxygen atoms in total. The molecule has 0 unspecified atom stereocenters. The zero-order valence-corrected chi connectivity index (χ0v) is 16.4. The molecule has 2 heteroatoms. The third-order valence-electron chi connectivity index (χ3n) is 5.94. The molecule has 0 fully saturated rings. The van der Waals surface area contributed by atoms with Crippen LogP contribution in [0.5, 0.6) is 0 Å². The van der Waals surface area contributed by atoms with Crippen LogP contribution in [-0.4, -0.2) is 23.2 Å². The molecule has 0 aromatic heterocycles. The summed E-state index contributed by atoms with van der Waals surface area (Å²) in [6, 6.07) is 30.3. The Morgan fingerprint density at radius 2 is 1.32 bits per heavy atom. The Morgan fingerprint density at radius 3 is 1.93 bits per heavy atom. The van der Waals surface area contributed by atoms with Crippen molar-refractivity contribution in [3.63, 3.8) is 0 Å². The normalized spacial score (nSPS) is 18.4. The van der Waals surface area contributed by atoms with E-state index >= 15 is 0 Å². The lowest BCUT2D eigenvalue weighted by molar-refractivity contribution is 0.188. The third-order valence-corrected chi connectivity index (χ3v) is 5.94. The van der Waals surface area contributed by atoms with Gasteiger partial charge in [-0.1, -0.05) is 84.9 Å². The largest absolute Gasteiger partial charge is 0.396 e. The van der Waals surface area contributed by atoms with Gasteiger partial charge in [0.05, 0.1) is 0 Å². The SMILES string of the molecule is OCC[C@@H]1c2ccccc2C[C@H]1CN(Cc1ccccc1)Cc1ccccc1. The maximum Gasteiger partial charge on any atom is 0.0436 e. The minimum Gasteiger partial charge on any atom is -0.396 e. The predicted molar refractivity (Wildman–Crippen MR) is 115 cm³/mol. The van der Waals surface area contributed by atoms with Crippen LogP contribution in [0.4, 0.5) is 0 Å². The molecule has 0 spiro atoms. The second-order valence-electron chi connectivity index (χ2n) is 7.92. The van der Waals surface area contributed by atoms with E-state index in [-0.39, 0.29) is 6.61 Å². The molecule has 3 aromatic carbocycles. The average molecular weight is 372 g/mol. The van der Waals surface area contributed by atoms with Crippen LogP contribution in [0.1, 0.15) is 34.6 Å². The number of hydrogen-bond donors (Lipinski definition) is 1. The zero-order valence-electron chi connectivity index (χ0n) is 16.4. The van der Waals surface area contributed by atoms with Crippen LogP contribution in [0, 0.1) is 5.92 Å². The number of hydrogen-bond acceptors (Lipinski definition) is 2. The van der Waals surface area contributed by atoms with Crippen molar-refractivity contribution in [2.75, 3.05) is 13.2 Å². The van der Waals surface area contributed by atoms with Crippen LogP contribution in [0.3, 0.4) is 0 Å². The second kappa shape index (κ2) is 9.18. The van der Waals surface area contributed by atoms with Crippen molar-refractivity contribution >= 4 is 0 Å². The van der Waals surface area contributed by atoms with E-state index in [2.05, 4.69) is 89.8 Å². The van der Waals surface area contributed by atoms with Crippen LogP contribution in [-0.2, 0) is 19.5 Å². The summed E-state index contributed by atoms with van der Waals surface area (Å²) in [6.07, 6.45) is 1.97. The summed E-state index contributed by atoms with van der Waals surface area (Å²) in [6.45, 7) is 3.21. The van der Waals surface area contributed by atoms with Crippen molar-refractivity contribution in [3.05, 3.63) is 107 Å². The number of rotatable bonds is 8. The minimum atomic E-state index is 0.257. The molecule has 1 aliphatic carbocycles. The molecule has 1 aliphatic rings. The molecule has 0 bridgehead atoms. The van der Waals surface area contributed by atoms with Crippen LogP contribution in [0.25, 0.3) is 0 Å². The summed E-state index contributed by atoms with van der Waals surface area (Å²) >= 11 is 0. The van der Waals surface area contributed by atoms with Crippen molar-refractivity contribution in [2.24, 2.45) is 5.92 Å². The molecule has 0 heterocycles. The summed E-state index contributed by atoms with van der Waals surface area (Å²) in [5.74, 6) is 1.01. The van der Waals surface area contributed by atoms with Gasteiger partial charge in [0.15, 0.2) is 0 Å². The first-order chi connectivity index (χ1) is 13.8. The summed E-state index contributed by atoms with van der Waals surface area (Å²) < 4.78 is 0. The molecule has 0 amide bonds. The van der Waals surface area contributed by atoms with Gasteiger partial charge in [0.2, 0.25) is 0 Å². The van der Waals surface area contributed by atoms with Gasteiger partial charge >= 0.3 is 0 Å². The highest BCUT2D eigenvalue weighted by Gasteiger charge is 2.32. The fraction of sp³-hybridized carbons (Fsp3) is 0.308. The van der Waals surface area contributed by atoms with Crippen LogP contribution < -0.4 is 0 Å². The quantitative estimate of drug-likeness (QED) is 0.600. The van der Waals surface area contributed by atoms with Gasteiger partial charge in [0.1, 0.15) is 0 Å². The van der Waals surface area contributed by atoms with Gasteiger partial charge in [0.25, 0.3) is 0 Å². The van der Waals surface area contributed by atoms with E-state index in [9.17, 15) is 5.11 Å². The van der Waals surface area contributed by atoms with E-state index < -0.39 is 0 Å². The number of aliphatic hydroxyl groups is 1. The van der Waals surface area contributed by atoms with Crippen molar-refractivity contribution in [1.29, 1.82) is 0 Å². The second-order valence-corrected chi connectivity index (χ2v) is 7.92. The van der Waals surface area contributed by atoms with E-state index in [1.54, 1.807) is 0 Å². The lowest BCUT2D eigenvalue weighted by Gasteiger charge is -2.29. The van der Waals surface area contributed by atoms with Gasteiger partial charge in [-0.05, 0) is 46.9 Å². The zero-order chi connectivity index (χ0) is 19.2. The maximum atomic E-state index is 9.66. The fourth-order valence-corrected chi connectivity index (χ4v) is 4.68. The first-order valence-electron chi connectivity index (χ1n) is 10.3. The average Bonchev–Trinajstić information content (AvgIpc) is 3.07. The number of aliphatic hydroxyl groups excluding tert-OH is 1. The molecular weight excluding hydrogens is 342 g/mol. The van der Waals surface area contributed by atoms with Gasteiger partial charge in [0, 0.05) is 26.2 Å². The molecule has 0 saturated heterocycles. The number of nitrogens with zero attached hydrogens (tertiary/aromatic N) is 1. The Labute approximate surface area is 168 Å². The molecule has 2 atom stereocenters. The highest BCUT2D eigenvalue weighted by atomic mass is 16.3. The first kappa shape index (κ1) is 18.9. The standard InChI is InChI=1S/C26H29NO/c28-16-15-26-24(17-23-13-7-8-14-25(23)26)20-27(18-21-9-3-1-4-10-21)19-22-11-5-2-6-12-22/h1-14,24,26,28H,15-20H2/t24-,26-/m0/s1. The van der Waals surface area contributed by atoms with E-state index in [1.807, 2.05) is 0 Å². The smallest absolute Gasteiger partial charge is 0.0436 e. The van der Waals surface area contributed by atoms with Crippen molar-refractivity contribution in [2.45, 2.75) is 31.8 Å². The molecule has 1 N–H and O–H groups in total. The minimum absolute atomic E-state index is 0.257. The Morgan fingerprint density at radius 1 is 0.750 bits per heavy atom. The Balaban J connectivity index is 1.54. The van der Waals surface area contributed by atoms with Crippen molar-refractivity contribution in [1.82, 2.24) is 4.90 Å². The fourth-order valence-electron chi connectivity index (χ4n) is 4.68. The van der Waals surface area contributed by atoms with Crippen molar-refractivity contribution in [3.8, 4) is 0 Å². The Hall–Kier alpha value is -2.42. The summed E-state index contributed by atoms with van der Waals surface area (Å²) in [7, 11) is 0. The number of fused-ring (bicyclic) bond motifs is 1. The molecule has 0 radical (unpaired) electrons. The van der Waals surface area contributed by atoms with Gasteiger partial charge in [-0.15, -0.1) is 0 Å². The van der Waals surface area contributed by atoms with E-state index in [0.717, 1.165) is 32.5 Å². The highest BCUT2D eigenvalue weighted by molar-refractivity contribution is 5.36. The van der Waals surface area contributed by atoms with Gasteiger partial charge in [-0.3, -0.25) is 4.90 Å². The predicted octanol–water partition coefficient (Wildman–Crippen LogP) is 5.03. The van der Waals surface area contributed by atoms with Gasteiger partial charge in [-0.25, -0.2) is 0 Å². The molecule has 0 saturated carbocycles. The monoisotopic (exact) mass is 371 g/mol. The molecule has 144 valence electrons. The van der Waals surface area contributed by atoms with E-state index in [1.165, 1.54) is 22.3 Å². The molecule has 3 aromatic rings. The van der Waals surface area contributed by atoms with Gasteiger partial charge < -0.3 is 5.11 Å². The van der Waals surface area contributed by atoms with Crippen LogP contribution in [0.2, 0.25) is 0 Å². The molecule has 28 heavy (non-hydrogen) atoms. The maximum absolute atomic E-state index is 9.66.